The molecule has 3 aliphatic rings. The van der Waals surface area contributed by atoms with Gasteiger partial charge in [0.15, 0.2) is 0 Å². The van der Waals surface area contributed by atoms with E-state index in [1.807, 2.05) is 46.2 Å². The lowest BCUT2D eigenvalue weighted by molar-refractivity contribution is 0.0867. The molecule has 1 spiro atoms. The van der Waals surface area contributed by atoms with Gasteiger partial charge >= 0.3 is 0 Å². The van der Waals surface area contributed by atoms with Crippen LogP contribution in [0.1, 0.15) is 56.7 Å². The van der Waals surface area contributed by atoms with Crippen molar-refractivity contribution in [2.24, 2.45) is 0 Å². The minimum atomic E-state index is -4.00. The molecule has 2 aromatic heterocycles. The van der Waals surface area contributed by atoms with E-state index in [-0.39, 0.29) is 15.8 Å². The Morgan fingerprint density at radius 1 is 1.03 bits per heavy atom. The van der Waals surface area contributed by atoms with Crippen molar-refractivity contribution in [3.63, 3.8) is 0 Å². The monoisotopic (exact) mass is 554 g/mol. The van der Waals surface area contributed by atoms with Crippen LogP contribution in [-0.2, 0) is 15.4 Å². The first-order valence-electron chi connectivity index (χ1n) is 12.7. The first-order valence-corrected chi connectivity index (χ1v) is 14.5. The predicted molar refractivity (Wildman–Crippen MR) is 145 cm³/mol. The summed E-state index contributed by atoms with van der Waals surface area (Å²) in [6.07, 6.45) is 8.04. The summed E-state index contributed by atoms with van der Waals surface area (Å²) in [6.45, 7) is 10.1. The van der Waals surface area contributed by atoms with Gasteiger partial charge in [-0.25, -0.2) is 19.9 Å². The van der Waals surface area contributed by atoms with Gasteiger partial charge in [-0.1, -0.05) is 38.4 Å². The molecule has 4 heterocycles. The summed E-state index contributed by atoms with van der Waals surface area (Å²) in [5.41, 5.74) is 5.19. The standard InChI is InChI=1S/C26H31ClN8O2S/c1-17-12-30-24(31-13-17)33-10-11-34(26(16-33)8-9-26)22-21-19(27)6-5-7-20(21)35(32-22)38(36,37)18-14-28-23(29-15-18)25(2,3)4/h5-7,12-15,22,32H,8-11,16H2,1-4H3. The molecule has 38 heavy (non-hydrogen) atoms. The third-order valence-electron chi connectivity index (χ3n) is 7.49. The summed E-state index contributed by atoms with van der Waals surface area (Å²) in [4.78, 5) is 22.3. The van der Waals surface area contributed by atoms with Gasteiger partial charge in [-0.05, 0) is 37.5 Å². The number of nitrogens with zero attached hydrogens (tertiary/aromatic N) is 7. The summed E-state index contributed by atoms with van der Waals surface area (Å²) in [5, 5.41) is 0.525. The van der Waals surface area contributed by atoms with E-state index in [1.54, 1.807) is 12.1 Å². The van der Waals surface area contributed by atoms with Gasteiger partial charge in [0.1, 0.15) is 16.9 Å². The Morgan fingerprint density at radius 3 is 2.34 bits per heavy atom. The Kier molecular flexibility index (Phi) is 5.91. The molecule has 2 aliphatic heterocycles. The molecule has 1 N–H and O–H groups in total. The molecular formula is C26H31ClN8O2S. The molecular weight excluding hydrogens is 524 g/mol. The zero-order valence-corrected chi connectivity index (χ0v) is 23.5. The van der Waals surface area contributed by atoms with Crippen molar-refractivity contribution in [3.05, 3.63) is 65.0 Å². The van der Waals surface area contributed by atoms with Crippen molar-refractivity contribution >= 4 is 33.3 Å². The summed E-state index contributed by atoms with van der Waals surface area (Å²) in [5.74, 6) is 1.31. The molecule has 0 amide bonds. The lowest BCUT2D eigenvalue weighted by Crippen LogP contribution is -2.59. The quantitative estimate of drug-likeness (QED) is 0.517. The summed E-state index contributed by atoms with van der Waals surface area (Å²) >= 11 is 6.73. The van der Waals surface area contributed by atoms with Crippen LogP contribution in [0, 0.1) is 6.92 Å². The normalized spacial score (nSPS) is 21.1. The van der Waals surface area contributed by atoms with Crippen molar-refractivity contribution in [3.8, 4) is 0 Å². The molecule has 1 aromatic carbocycles. The van der Waals surface area contributed by atoms with E-state index in [9.17, 15) is 8.42 Å². The lowest BCUT2D eigenvalue weighted by atomic mass is 9.96. The summed E-state index contributed by atoms with van der Waals surface area (Å²) in [7, 11) is -4.00. The Morgan fingerprint density at radius 2 is 1.71 bits per heavy atom. The highest BCUT2D eigenvalue weighted by molar-refractivity contribution is 7.92. The number of aryl methyl sites for hydroxylation is 1. The molecule has 1 aliphatic carbocycles. The smallest absolute Gasteiger partial charge is 0.280 e. The topological polar surface area (TPSA) is 107 Å². The fourth-order valence-electron chi connectivity index (χ4n) is 5.29. The van der Waals surface area contributed by atoms with E-state index in [0.717, 1.165) is 43.0 Å². The van der Waals surface area contributed by atoms with Crippen LogP contribution in [0.25, 0.3) is 0 Å². The minimum absolute atomic E-state index is 0.0204. The van der Waals surface area contributed by atoms with Gasteiger partial charge in [0.2, 0.25) is 5.95 Å². The van der Waals surface area contributed by atoms with Crippen LogP contribution in [0.15, 0.2) is 47.9 Å². The van der Waals surface area contributed by atoms with Crippen LogP contribution in [0.3, 0.4) is 0 Å². The van der Waals surface area contributed by atoms with Gasteiger partial charge in [0.05, 0.1) is 18.1 Å². The highest BCUT2D eigenvalue weighted by Crippen LogP contribution is 2.52. The molecule has 3 aromatic rings. The molecule has 1 saturated heterocycles. The van der Waals surface area contributed by atoms with Crippen molar-refractivity contribution < 1.29 is 8.42 Å². The molecule has 2 fully saturated rings. The SMILES string of the molecule is Cc1cnc(N2CCN(C3NN(S(=O)(=O)c4cnc(C(C)(C)C)nc4)c4cccc(Cl)c43)C3(CC3)C2)nc1. The van der Waals surface area contributed by atoms with Crippen molar-refractivity contribution in [1.82, 2.24) is 30.3 Å². The van der Waals surface area contributed by atoms with Crippen LogP contribution >= 0.6 is 11.6 Å². The third kappa shape index (κ3) is 4.21. The fourth-order valence-corrected chi connectivity index (χ4v) is 6.80. The Balaban J connectivity index is 1.31. The second-order valence-electron chi connectivity index (χ2n) is 11.4. The Labute approximate surface area is 228 Å². The van der Waals surface area contributed by atoms with Gasteiger partial charge in [-0.3, -0.25) is 4.90 Å². The Hall–Kier alpha value is -2.86. The number of sulfonamides is 1. The maximum absolute atomic E-state index is 13.8. The van der Waals surface area contributed by atoms with E-state index in [1.165, 1.54) is 16.8 Å². The van der Waals surface area contributed by atoms with Crippen LogP contribution in [-0.4, -0.2) is 58.4 Å². The molecule has 0 radical (unpaired) electrons. The van der Waals surface area contributed by atoms with Gasteiger partial charge in [-0.15, -0.1) is 0 Å². The molecule has 10 nitrogen and oxygen atoms in total. The van der Waals surface area contributed by atoms with Crippen LogP contribution in [0.4, 0.5) is 11.6 Å². The second-order valence-corrected chi connectivity index (χ2v) is 13.6. The third-order valence-corrected chi connectivity index (χ3v) is 9.41. The zero-order chi connectivity index (χ0) is 26.9. The maximum Gasteiger partial charge on any atom is 0.280 e. The van der Waals surface area contributed by atoms with E-state index < -0.39 is 16.2 Å². The van der Waals surface area contributed by atoms with E-state index in [4.69, 9.17) is 11.6 Å². The van der Waals surface area contributed by atoms with E-state index in [0.29, 0.717) is 23.1 Å². The van der Waals surface area contributed by atoms with Gasteiger partial charge in [-0.2, -0.15) is 18.3 Å². The molecule has 1 unspecified atom stereocenters. The van der Waals surface area contributed by atoms with E-state index in [2.05, 4.69) is 35.2 Å². The van der Waals surface area contributed by atoms with E-state index >= 15 is 0 Å². The number of fused-ring (bicyclic) bond motifs is 1. The first kappa shape index (κ1) is 25.4. The molecule has 1 atom stereocenters. The fraction of sp³-hybridized carbons (Fsp3) is 0.462. The molecule has 12 heteroatoms. The number of aromatic nitrogens is 4. The number of piperazine rings is 1. The van der Waals surface area contributed by atoms with Gasteiger partial charge in [0.25, 0.3) is 10.0 Å². The number of benzene rings is 1. The number of nitrogens with one attached hydrogen (secondary N) is 1. The van der Waals surface area contributed by atoms with Gasteiger partial charge < -0.3 is 4.90 Å². The Bertz CT molecular complexity index is 1470. The molecule has 6 rings (SSSR count). The number of hydrogen-bond donors (Lipinski definition) is 1. The average molecular weight is 555 g/mol. The molecule has 1 saturated carbocycles. The summed E-state index contributed by atoms with van der Waals surface area (Å²) < 4.78 is 28.9. The number of anilines is 2. The van der Waals surface area contributed by atoms with Crippen molar-refractivity contribution in [2.45, 2.75) is 62.6 Å². The largest absolute Gasteiger partial charge is 0.338 e. The average Bonchev–Trinajstić information content (AvgIpc) is 3.52. The number of hydrazine groups is 1. The molecule has 0 bridgehead atoms. The highest BCUT2D eigenvalue weighted by atomic mass is 35.5. The second kappa shape index (κ2) is 8.84. The number of halogens is 1. The minimum Gasteiger partial charge on any atom is -0.338 e. The lowest BCUT2D eigenvalue weighted by Gasteiger charge is -2.45. The van der Waals surface area contributed by atoms with Crippen LogP contribution in [0.2, 0.25) is 5.02 Å². The van der Waals surface area contributed by atoms with Crippen LogP contribution in [0.5, 0.6) is 0 Å². The maximum atomic E-state index is 13.8. The van der Waals surface area contributed by atoms with Crippen LogP contribution < -0.4 is 14.7 Å². The number of rotatable bonds is 4. The molecule has 200 valence electrons. The first-order chi connectivity index (χ1) is 18.0. The number of hydrogen-bond acceptors (Lipinski definition) is 9. The predicted octanol–water partition coefficient (Wildman–Crippen LogP) is 3.59. The summed E-state index contributed by atoms with van der Waals surface area (Å²) in [6, 6.07) is 5.36. The highest BCUT2D eigenvalue weighted by Gasteiger charge is 2.56. The van der Waals surface area contributed by atoms with Crippen molar-refractivity contribution in [1.29, 1.82) is 0 Å². The van der Waals surface area contributed by atoms with Crippen molar-refractivity contribution in [2.75, 3.05) is 28.9 Å². The van der Waals surface area contributed by atoms with Gasteiger partial charge in [0, 0.05) is 53.6 Å². The zero-order valence-electron chi connectivity index (χ0n) is 21.9.